The molecule has 0 aliphatic carbocycles. The van der Waals surface area contributed by atoms with Crippen molar-refractivity contribution in [1.29, 1.82) is 0 Å². The first-order valence-electron chi connectivity index (χ1n) is 13.6. The van der Waals surface area contributed by atoms with Gasteiger partial charge in [-0.3, -0.25) is 0 Å². The molecule has 3 aliphatic rings. The molecule has 3 aliphatic heterocycles. The lowest BCUT2D eigenvalue weighted by Crippen LogP contribution is -2.45. The Morgan fingerprint density at radius 1 is 1.21 bits per heavy atom. The van der Waals surface area contributed by atoms with Crippen LogP contribution in [0.2, 0.25) is 0 Å². The van der Waals surface area contributed by atoms with E-state index in [9.17, 15) is 9.90 Å². The summed E-state index contributed by atoms with van der Waals surface area (Å²) in [6.45, 7) is 11.8. The molecule has 39 heavy (non-hydrogen) atoms. The third kappa shape index (κ3) is 5.94. The first kappa shape index (κ1) is 27.1. The molecule has 1 fully saturated rings. The molecule has 0 radical (unpaired) electrons. The van der Waals surface area contributed by atoms with Gasteiger partial charge in [-0.05, 0) is 59.9 Å². The molecular formula is C30H38N4O5. The highest BCUT2D eigenvalue weighted by Gasteiger charge is 2.37. The third-order valence-electron chi connectivity index (χ3n) is 7.26. The SMILES string of the molecule is Cc1nc2cc3nn2c(c1[C@H](OC(C)(C)C)C(=O)O)N1CCC(C)(CC1)OCC/C=C\c1ccccc1OC3. The Morgan fingerprint density at radius 3 is 2.67 bits per heavy atom. The van der Waals surface area contributed by atoms with E-state index in [0.717, 1.165) is 30.6 Å². The Hall–Kier alpha value is -3.43. The molecule has 1 N–H and O–H groups in total. The van der Waals surface area contributed by atoms with Gasteiger partial charge in [-0.15, -0.1) is 0 Å². The van der Waals surface area contributed by atoms with Crippen molar-refractivity contribution in [2.45, 2.75) is 77.8 Å². The monoisotopic (exact) mass is 534 g/mol. The first-order chi connectivity index (χ1) is 18.5. The maximum absolute atomic E-state index is 12.6. The summed E-state index contributed by atoms with van der Waals surface area (Å²) in [6, 6.07) is 9.81. The average Bonchev–Trinajstić information content (AvgIpc) is 3.28. The zero-order valence-corrected chi connectivity index (χ0v) is 23.4. The Kier molecular flexibility index (Phi) is 7.39. The van der Waals surface area contributed by atoms with Gasteiger partial charge in [0.05, 0.1) is 23.4 Å². The van der Waals surface area contributed by atoms with Crippen molar-refractivity contribution in [3.05, 3.63) is 58.9 Å². The van der Waals surface area contributed by atoms with E-state index in [4.69, 9.17) is 24.3 Å². The van der Waals surface area contributed by atoms with Crippen molar-refractivity contribution < 1.29 is 24.1 Å². The number of piperidine rings is 1. The number of hydrogen-bond donors (Lipinski definition) is 1. The quantitative estimate of drug-likeness (QED) is 0.480. The number of carboxylic acids is 1. The van der Waals surface area contributed by atoms with Crippen LogP contribution in [0.15, 0.2) is 36.4 Å². The van der Waals surface area contributed by atoms with Crippen molar-refractivity contribution in [3.63, 3.8) is 0 Å². The number of para-hydroxylation sites is 1. The maximum Gasteiger partial charge on any atom is 0.337 e. The number of carbonyl (C=O) groups is 1. The summed E-state index contributed by atoms with van der Waals surface area (Å²) < 4.78 is 20.4. The van der Waals surface area contributed by atoms with Gasteiger partial charge in [-0.25, -0.2) is 9.78 Å². The normalized spacial score (nSPS) is 19.4. The minimum absolute atomic E-state index is 0.254. The van der Waals surface area contributed by atoms with E-state index in [2.05, 4.69) is 24.0 Å². The molecule has 1 atom stereocenters. The number of fused-ring (bicyclic) bond motifs is 6. The molecule has 4 bridgehead atoms. The van der Waals surface area contributed by atoms with Crippen molar-refractivity contribution in [2.75, 3.05) is 24.6 Å². The molecule has 2 aromatic heterocycles. The number of carboxylic acid groups (broad SMARTS) is 1. The molecule has 0 spiro atoms. The minimum atomic E-state index is -1.20. The van der Waals surface area contributed by atoms with Gasteiger partial charge in [0.25, 0.3) is 0 Å². The van der Waals surface area contributed by atoms with E-state index in [0.29, 0.717) is 48.1 Å². The van der Waals surface area contributed by atoms with E-state index in [1.165, 1.54) is 0 Å². The number of aryl methyl sites for hydroxylation is 1. The van der Waals surface area contributed by atoms with Gasteiger partial charge in [-0.2, -0.15) is 9.61 Å². The minimum Gasteiger partial charge on any atom is -0.487 e. The summed E-state index contributed by atoms with van der Waals surface area (Å²) in [7, 11) is 0. The molecule has 6 rings (SSSR count). The second-order valence-electron chi connectivity index (χ2n) is 11.6. The number of aromatic nitrogens is 3. The standard InChI is InChI=1S/C30H38N4O5/c1-20-25(26(28(35)36)39-29(2,3)4)27-33-15-13-30(5,14-16-33)38-17-9-8-11-21-10-6-7-12-23(21)37-19-22-18-24(31-20)34(27)32-22/h6-8,10-12,18,26H,9,13-17,19H2,1-5H3,(H,35,36)/b11-8-/t26-/m0/s1. The van der Waals surface area contributed by atoms with E-state index in [1.807, 2.05) is 58.0 Å². The van der Waals surface area contributed by atoms with Crippen LogP contribution in [-0.2, 0) is 20.9 Å². The Morgan fingerprint density at radius 2 is 1.95 bits per heavy atom. The Bertz CT molecular complexity index is 1380. The number of benzene rings is 1. The molecule has 9 heteroatoms. The van der Waals surface area contributed by atoms with Gasteiger partial charge < -0.3 is 24.2 Å². The second kappa shape index (κ2) is 10.6. The summed E-state index contributed by atoms with van der Waals surface area (Å²) in [5.41, 5.74) is 2.54. The number of hydrogen-bond acceptors (Lipinski definition) is 7. The van der Waals surface area contributed by atoms with Crippen molar-refractivity contribution >= 4 is 23.5 Å². The summed E-state index contributed by atoms with van der Waals surface area (Å²) in [6.07, 6.45) is 5.40. The van der Waals surface area contributed by atoms with E-state index in [-0.39, 0.29) is 12.2 Å². The topological polar surface area (TPSA) is 98.4 Å². The van der Waals surface area contributed by atoms with Crippen molar-refractivity contribution in [3.8, 4) is 5.75 Å². The third-order valence-corrected chi connectivity index (χ3v) is 7.26. The highest BCUT2D eigenvalue weighted by Crippen LogP contribution is 2.38. The number of rotatable bonds is 3. The summed E-state index contributed by atoms with van der Waals surface area (Å²) in [5.74, 6) is 0.411. The van der Waals surface area contributed by atoms with Crippen molar-refractivity contribution in [1.82, 2.24) is 14.6 Å². The van der Waals surface area contributed by atoms with Crippen molar-refractivity contribution in [2.24, 2.45) is 0 Å². The zero-order valence-electron chi connectivity index (χ0n) is 23.4. The van der Waals surface area contributed by atoms with Gasteiger partial charge in [-0.1, -0.05) is 30.4 Å². The van der Waals surface area contributed by atoms with Crippen LogP contribution in [-0.4, -0.2) is 56.6 Å². The molecule has 1 saturated heterocycles. The van der Waals surface area contributed by atoms with Crippen LogP contribution in [0.3, 0.4) is 0 Å². The first-order valence-corrected chi connectivity index (χ1v) is 13.6. The van der Waals surface area contributed by atoms with E-state index < -0.39 is 17.7 Å². The smallest absolute Gasteiger partial charge is 0.337 e. The Labute approximate surface area is 229 Å². The van der Waals surface area contributed by atoms with Crippen LogP contribution >= 0.6 is 0 Å². The van der Waals surface area contributed by atoms with Crippen LogP contribution < -0.4 is 9.64 Å². The molecule has 0 amide bonds. The summed E-state index contributed by atoms with van der Waals surface area (Å²) in [5, 5.41) is 15.2. The lowest BCUT2D eigenvalue weighted by molar-refractivity contribution is -0.160. The molecule has 9 nitrogen and oxygen atoms in total. The number of ether oxygens (including phenoxy) is 3. The fourth-order valence-electron chi connectivity index (χ4n) is 5.25. The second-order valence-corrected chi connectivity index (χ2v) is 11.6. The average molecular weight is 535 g/mol. The van der Waals surface area contributed by atoms with Crippen LogP contribution in [0.5, 0.6) is 5.75 Å². The van der Waals surface area contributed by atoms with Gasteiger partial charge >= 0.3 is 5.97 Å². The van der Waals surface area contributed by atoms with Crippen LogP contribution in [0.4, 0.5) is 5.82 Å². The lowest BCUT2D eigenvalue weighted by Gasteiger charge is -2.41. The summed E-state index contributed by atoms with van der Waals surface area (Å²) in [4.78, 5) is 19.6. The van der Waals surface area contributed by atoms with E-state index in [1.54, 1.807) is 4.52 Å². The van der Waals surface area contributed by atoms with Gasteiger partial charge in [0.1, 0.15) is 23.9 Å². The van der Waals surface area contributed by atoms with Crippen LogP contribution in [0.1, 0.15) is 75.6 Å². The van der Waals surface area contributed by atoms with Gasteiger partial charge in [0.2, 0.25) is 0 Å². The van der Waals surface area contributed by atoms with Gasteiger partial charge in [0.15, 0.2) is 11.8 Å². The highest BCUT2D eigenvalue weighted by molar-refractivity contribution is 5.78. The zero-order chi connectivity index (χ0) is 27.8. The lowest BCUT2D eigenvalue weighted by atomic mass is 9.92. The number of aliphatic carboxylic acids is 1. The predicted molar refractivity (Wildman–Crippen MR) is 149 cm³/mol. The molecule has 5 heterocycles. The van der Waals surface area contributed by atoms with Crippen LogP contribution in [0, 0.1) is 6.92 Å². The molecule has 1 aromatic carbocycles. The van der Waals surface area contributed by atoms with E-state index >= 15 is 0 Å². The maximum atomic E-state index is 12.6. The molecular weight excluding hydrogens is 496 g/mol. The Balaban J connectivity index is 1.64. The highest BCUT2D eigenvalue weighted by atomic mass is 16.5. The van der Waals surface area contributed by atoms with Gasteiger partial charge in [0, 0.05) is 30.4 Å². The molecule has 3 aromatic rings. The molecule has 0 unspecified atom stereocenters. The predicted octanol–water partition coefficient (Wildman–Crippen LogP) is 5.35. The fraction of sp³-hybridized carbons (Fsp3) is 0.500. The number of anilines is 1. The van der Waals surface area contributed by atoms with Crippen LogP contribution in [0.25, 0.3) is 11.7 Å². The summed E-state index contributed by atoms with van der Waals surface area (Å²) >= 11 is 0. The molecule has 0 saturated carbocycles. The molecule has 208 valence electrons. The number of nitrogens with zero attached hydrogens (tertiary/aromatic N) is 4. The fourth-order valence-corrected chi connectivity index (χ4v) is 5.25. The largest absolute Gasteiger partial charge is 0.487 e.